The molecule has 2 aromatic heterocycles. The third kappa shape index (κ3) is 5.21. The summed E-state index contributed by atoms with van der Waals surface area (Å²) in [6, 6.07) is 3.52. The lowest BCUT2D eigenvalue weighted by Gasteiger charge is -2.33. The Bertz CT molecular complexity index is 1430. The lowest BCUT2D eigenvalue weighted by molar-refractivity contribution is -0.173. The van der Waals surface area contributed by atoms with Gasteiger partial charge in [0.25, 0.3) is 5.91 Å². The van der Waals surface area contributed by atoms with Crippen LogP contribution < -0.4 is 20.1 Å². The SMILES string of the molecule is CCOC(=O)c1c(NC(=O)c2cc3n(n2)[C@@H](C(F)(F)F)C[C@H](c2ccc(OC)c(OC)c2)N3)sc2c1CCCC2. The molecule has 9 nitrogen and oxygen atoms in total. The Hall–Kier alpha value is -3.74. The number of halogens is 3. The molecule has 0 spiro atoms. The number of anilines is 2. The van der Waals surface area contributed by atoms with Crippen LogP contribution in [0.2, 0.25) is 0 Å². The normalized spacial score (nSPS) is 18.2. The van der Waals surface area contributed by atoms with Gasteiger partial charge in [-0.15, -0.1) is 11.3 Å². The van der Waals surface area contributed by atoms with Gasteiger partial charge >= 0.3 is 12.1 Å². The van der Waals surface area contributed by atoms with Crippen molar-refractivity contribution in [1.82, 2.24) is 9.78 Å². The Kier molecular flexibility index (Phi) is 7.67. The number of benzene rings is 1. The molecular formula is C27H29F3N4O5S. The molecule has 0 saturated carbocycles. The van der Waals surface area contributed by atoms with E-state index < -0.39 is 30.1 Å². The fourth-order valence-electron chi connectivity index (χ4n) is 5.21. The summed E-state index contributed by atoms with van der Waals surface area (Å²) >= 11 is 1.30. The molecule has 2 atom stereocenters. The van der Waals surface area contributed by atoms with Crippen molar-refractivity contribution in [3.05, 3.63) is 51.5 Å². The Labute approximate surface area is 232 Å². The van der Waals surface area contributed by atoms with E-state index in [1.165, 1.54) is 31.6 Å². The topological polar surface area (TPSA) is 104 Å². The fourth-order valence-corrected chi connectivity index (χ4v) is 6.49. The number of carbonyl (C=O) groups excluding carboxylic acids is 2. The number of fused-ring (bicyclic) bond motifs is 2. The molecule has 3 aromatic rings. The van der Waals surface area contributed by atoms with Gasteiger partial charge in [0, 0.05) is 17.4 Å². The minimum atomic E-state index is -4.62. The molecule has 0 radical (unpaired) electrons. The van der Waals surface area contributed by atoms with Crippen LogP contribution >= 0.6 is 11.3 Å². The maximum absolute atomic E-state index is 14.2. The van der Waals surface area contributed by atoms with Crippen LogP contribution in [0.25, 0.3) is 0 Å². The third-order valence-electron chi connectivity index (χ3n) is 7.11. The number of ether oxygens (including phenoxy) is 3. The van der Waals surface area contributed by atoms with Crippen LogP contribution in [-0.4, -0.2) is 48.7 Å². The Balaban J connectivity index is 1.45. The summed E-state index contributed by atoms with van der Waals surface area (Å²) < 4.78 is 59.2. The van der Waals surface area contributed by atoms with E-state index in [1.807, 2.05) is 0 Å². The first-order chi connectivity index (χ1) is 19.1. The molecule has 5 rings (SSSR count). The number of aromatic nitrogens is 2. The van der Waals surface area contributed by atoms with E-state index >= 15 is 0 Å². The highest BCUT2D eigenvalue weighted by Crippen LogP contribution is 2.45. The summed E-state index contributed by atoms with van der Waals surface area (Å²) in [5, 5.41) is 10.2. The highest BCUT2D eigenvalue weighted by atomic mass is 32.1. The molecule has 1 amide bonds. The van der Waals surface area contributed by atoms with Crippen molar-refractivity contribution in [2.45, 2.75) is 57.3 Å². The van der Waals surface area contributed by atoms with Crippen molar-refractivity contribution in [2.75, 3.05) is 31.5 Å². The average Bonchev–Trinajstić information content (AvgIpc) is 3.53. The van der Waals surface area contributed by atoms with Crippen molar-refractivity contribution in [3.8, 4) is 11.5 Å². The van der Waals surface area contributed by atoms with Gasteiger partial charge in [-0.2, -0.15) is 18.3 Å². The van der Waals surface area contributed by atoms with E-state index in [2.05, 4.69) is 15.7 Å². The van der Waals surface area contributed by atoms with E-state index in [4.69, 9.17) is 14.2 Å². The first-order valence-corrected chi connectivity index (χ1v) is 13.7. The van der Waals surface area contributed by atoms with Crippen LogP contribution in [0.15, 0.2) is 24.3 Å². The summed E-state index contributed by atoms with van der Waals surface area (Å²) in [5.41, 5.74) is 1.55. The molecule has 1 aliphatic carbocycles. The number of amides is 1. The molecule has 1 aliphatic heterocycles. The molecule has 1 aromatic carbocycles. The number of aryl methyl sites for hydroxylation is 1. The van der Waals surface area contributed by atoms with Gasteiger partial charge < -0.3 is 24.8 Å². The van der Waals surface area contributed by atoms with Gasteiger partial charge in [-0.3, -0.25) is 4.79 Å². The second kappa shape index (κ2) is 11.0. The third-order valence-corrected chi connectivity index (χ3v) is 8.32. The predicted octanol–water partition coefficient (Wildman–Crippen LogP) is 5.93. The largest absolute Gasteiger partial charge is 0.493 e. The lowest BCUT2D eigenvalue weighted by atomic mass is 9.95. The Morgan fingerprint density at radius 2 is 1.90 bits per heavy atom. The monoisotopic (exact) mass is 578 g/mol. The highest BCUT2D eigenvalue weighted by Gasteiger charge is 2.47. The van der Waals surface area contributed by atoms with Gasteiger partial charge in [0.05, 0.1) is 32.4 Å². The number of carbonyl (C=O) groups is 2. The quantitative estimate of drug-likeness (QED) is 0.335. The van der Waals surface area contributed by atoms with Gasteiger partial charge in [-0.1, -0.05) is 6.07 Å². The summed E-state index contributed by atoms with van der Waals surface area (Å²) in [4.78, 5) is 27.0. The fraction of sp³-hybridized carbons (Fsp3) is 0.444. The molecule has 0 bridgehead atoms. The smallest absolute Gasteiger partial charge is 0.410 e. The molecule has 2 aliphatic rings. The standard InChI is InChI=1S/C27H29F3N4O5S/c1-4-39-26(36)23-15-7-5-6-8-20(15)40-25(23)32-24(35)17-13-22-31-16(12-21(27(28,29)30)34(22)33-17)14-9-10-18(37-2)19(11-14)38-3/h9-11,13,16,21,31H,4-8,12H2,1-3H3,(H,32,35)/t16-,21-/m1/s1. The minimum absolute atomic E-state index is 0.0506. The van der Waals surface area contributed by atoms with E-state index in [0.717, 1.165) is 34.4 Å². The number of rotatable bonds is 7. The molecule has 2 N–H and O–H groups in total. The number of esters is 1. The van der Waals surface area contributed by atoms with Crippen molar-refractivity contribution in [3.63, 3.8) is 0 Å². The summed E-state index contributed by atoms with van der Waals surface area (Å²) in [6.45, 7) is 1.88. The van der Waals surface area contributed by atoms with Gasteiger partial charge in [0.1, 0.15) is 10.8 Å². The summed E-state index contributed by atoms with van der Waals surface area (Å²) in [5.74, 6) is -0.347. The first-order valence-electron chi connectivity index (χ1n) is 12.9. The molecule has 40 heavy (non-hydrogen) atoms. The number of nitrogens with zero attached hydrogens (tertiary/aromatic N) is 2. The minimum Gasteiger partial charge on any atom is -0.493 e. The van der Waals surface area contributed by atoms with Crippen molar-refractivity contribution >= 4 is 34.0 Å². The molecular weight excluding hydrogens is 549 g/mol. The number of hydrogen-bond acceptors (Lipinski definition) is 8. The molecule has 0 fully saturated rings. The molecule has 3 heterocycles. The number of thiophene rings is 1. The van der Waals surface area contributed by atoms with Gasteiger partial charge in [-0.25, -0.2) is 9.48 Å². The molecule has 0 saturated heterocycles. The first kappa shape index (κ1) is 27.8. The highest BCUT2D eigenvalue weighted by molar-refractivity contribution is 7.17. The second-order valence-electron chi connectivity index (χ2n) is 9.55. The number of nitrogens with one attached hydrogen (secondary N) is 2. The predicted molar refractivity (Wildman–Crippen MR) is 143 cm³/mol. The van der Waals surface area contributed by atoms with Crippen LogP contribution in [0.4, 0.5) is 24.0 Å². The number of alkyl halides is 3. The van der Waals surface area contributed by atoms with E-state index in [-0.39, 0.29) is 24.5 Å². The Morgan fingerprint density at radius 3 is 2.60 bits per heavy atom. The van der Waals surface area contributed by atoms with Gasteiger partial charge in [-0.05, 0) is 55.9 Å². The van der Waals surface area contributed by atoms with Crippen LogP contribution in [0, 0.1) is 0 Å². The van der Waals surface area contributed by atoms with Crippen LogP contribution in [0.5, 0.6) is 11.5 Å². The zero-order valence-corrected chi connectivity index (χ0v) is 23.0. The van der Waals surface area contributed by atoms with E-state index in [9.17, 15) is 22.8 Å². The zero-order valence-electron chi connectivity index (χ0n) is 22.2. The van der Waals surface area contributed by atoms with Crippen molar-refractivity contribution in [2.24, 2.45) is 0 Å². The van der Waals surface area contributed by atoms with E-state index in [0.29, 0.717) is 34.0 Å². The average molecular weight is 579 g/mol. The van der Waals surface area contributed by atoms with Crippen LogP contribution in [0.1, 0.15) is 75.1 Å². The number of hydrogen-bond donors (Lipinski definition) is 2. The zero-order chi connectivity index (χ0) is 28.6. The molecule has 214 valence electrons. The number of methoxy groups -OCH3 is 2. The summed E-state index contributed by atoms with van der Waals surface area (Å²) in [6.07, 6.45) is -1.58. The van der Waals surface area contributed by atoms with Gasteiger partial charge in [0.2, 0.25) is 0 Å². The van der Waals surface area contributed by atoms with Crippen LogP contribution in [-0.2, 0) is 17.6 Å². The molecule has 13 heteroatoms. The van der Waals surface area contributed by atoms with Gasteiger partial charge in [0.15, 0.2) is 23.2 Å². The summed E-state index contributed by atoms with van der Waals surface area (Å²) in [7, 11) is 2.92. The maximum Gasteiger partial charge on any atom is 0.410 e. The van der Waals surface area contributed by atoms with Crippen molar-refractivity contribution < 1.29 is 37.0 Å². The van der Waals surface area contributed by atoms with Crippen molar-refractivity contribution in [1.29, 1.82) is 0 Å². The molecule has 0 unspecified atom stereocenters. The maximum atomic E-state index is 14.2. The van der Waals surface area contributed by atoms with E-state index in [1.54, 1.807) is 25.1 Å². The second-order valence-corrected chi connectivity index (χ2v) is 10.7. The lowest BCUT2D eigenvalue weighted by Crippen LogP contribution is -2.35. The Morgan fingerprint density at radius 1 is 1.15 bits per heavy atom. The van der Waals surface area contributed by atoms with Crippen LogP contribution in [0.3, 0.4) is 0 Å².